The minimum Gasteiger partial charge on any atom is -0.443 e. The van der Waals surface area contributed by atoms with Gasteiger partial charge in [0, 0.05) is 34.4 Å². The lowest BCUT2D eigenvalue weighted by Crippen LogP contribution is -2.49. The molecule has 1 fully saturated rings. The minimum atomic E-state index is -1.84. The lowest BCUT2D eigenvalue weighted by Gasteiger charge is -2.32. The number of halogens is 1. The Morgan fingerprint density at radius 2 is 1.90 bits per heavy atom. The molecule has 1 aliphatic rings. The molecule has 2 heterocycles. The predicted octanol–water partition coefficient (Wildman–Crippen LogP) is -0.498. The van der Waals surface area contributed by atoms with Gasteiger partial charge < -0.3 is 25.9 Å². The normalized spacial score (nSPS) is 13.2. The van der Waals surface area contributed by atoms with E-state index in [-0.39, 0.29) is 17.7 Å². The van der Waals surface area contributed by atoms with Gasteiger partial charge in [0.2, 0.25) is 5.95 Å². The Kier molecular flexibility index (Phi) is 6.47. The molecule has 0 aliphatic carbocycles. The van der Waals surface area contributed by atoms with E-state index in [1.165, 1.54) is 18.5 Å². The fraction of sp³-hybridized carbons (Fsp3) is 0.235. The van der Waals surface area contributed by atoms with Crippen LogP contribution in [0.2, 0.25) is 0 Å². The molecule has 10 nitrogen and oxygen atoms in total. The van der Waals surface area contributed by atoms with Crippen LogP contribution >= 0.6 is 0 Å². The first kappa shape index (κ1) is 22.1. The van der Waals surface area contributed by atoms with Crippen LogP contribution < -0.4 is 16.4 Å². The summed E-state index contributed by atoms with van der Waals surface area (Å²) in [5.74, 6) is -0.610. The molecule has 14 heteroatoms. The number of rotatable bonds is 6. The van der Waals surface area contributed by atoms with E-state index in [1.807, 2.05) is 0 Å². The van der Waals surface area contributed by atoms with Crippen LogP contribution in [-0.2, 0) is 16.2 Å². The molecule has 0 bridgehead atoms. The van der Waals surface area contributed by atoms with Gasteiger partial charge in [-0.05, 0) is 0 Å². The third kappa shape index (κ3) is 5.97. The summed E-state index contributed by atoms with van der Waals surface area (Å²) in [5, 5.41) is 1.91. The fourth-order valence-electron chi connectivity index (χ4n) is 2.55. The number of anilines is 1. The number of carbonyl (C=O) groups excluding carboxylic acids is 1. The number of carbonyl (C=O) groups is 1. The number of aliphatic imine (C=N–C) groups is 1. The summed E-state index contributed by atoms with van der Waals surface area (Å²) in [6, 6.07) is 4.64. The molecule has 4 N–H and O–H groups in total. The van der Waals surface area contributed by atoms with Gasteiger partial charge in [-0.3, -0.25) is 0 Å². The molecule has 2 aromatic rings. The summed E-state index contributed by atoms with van der Waals surface area (Å²) in [6.45, 7) is 0.461. The van der Waals surface area contributed by atoms with E-state index >= 15 is 0 Å². The van der Waals surface area contributed by atoms with Crippen LogP contribution in [0.25, 0.3) is 11.1 Å². The molecule has 0 spiro atoms. The van der Waals surface area contributed by atoms with E-state index in [4.69, 9.17) is 44.6 Å². The standard InChI is InChI=1S/C17H15B3FN7O3/c18-17(19,20)31-27-11-6-28(7-11)15-24-4-10(5-25-15)12-3-1-2-9(13(12)21)8-30-16(29)26-14(22)23/h1-5H,6-8H2,(H4,22,23,26,29). The van der Waals surface area contributed by atoms with Crippen LogP contribution in [-0.4, -0.2) is 69.7 Å². The number of hydrogen-bond donors (Lipinski definition) is 2. The lowest BCUT2D eigenvalue weighted by atomic mass is 9.52. The third-order valence-electron chi connectivity index (χ3n) is 3.96. The Morgan fingerprint density at radius 1 is 1.23 bits per heavy atom. The van der Waals surface area contributed by atoms with Crippen LogP contribution in [0.3, 0.4) is 0 Å². The summed E-state index contributed by atoms with van der Waals surface area (Å²) in [7, 11) is 15.8. The predicted molar refractivity (Wildman–Crippen MR) is 114 cm³/mol. The van der Waals surface area contributed by atoms with Crippen molar-refractivity contribution in [1.29, 1.82) is 0 Å². The lowest BCUT2D eigenvalue weighted by molar-refractivity contribution is 0.137. The highest BCUT2D eigenvalue weighted by Gasteiger charge is 2.26. The van der Waals surface area contributed by atoms with Crippen molar-refractivity contribution in [2.45, 2.75) is 11.9 Å². The van der Waals surface area contributed by atoms with Gasteiger partial charge in [-0.1, -0.05) is 23.4 Å². The van der Waals surface area contributed by atoms with Crippen LogP contribution in [0.5, 0.6) is 0 Å². The zero-order chi connectivity index (χ0) is 22.6. The molecule has 0 saturated carbocycles. The van der Waals surface area contributed by atoms with Crippen molar-refractivity contribution in [3.8, 4) is 11.1 Å². The van der Waals surface area contributed by atoms with Crippen LogP contribution in [0.15, 0.2) is 40.7 Å². The quantitative estimate of drug-likeness (QED) is 0.278. The molecule has 152 valence electrons. The second kappa shape index (κ2) is 9.06. The van der Waals surface area contributed by atoms with Crippen molar-refractivity contribution >= 4 is 47.3 Å². The summed E-state index contributed by atoms with van der Waals surface area (Å²) in [6.07, 6.45) is 1.94. The Balaban J connectivity index is 1.65. The number of amides is 1. The van der Waals surface area contributed by atoms with Gasteiger partial charge in [-0.2, -0.15) is 0 Å². The number of benzene rings is 1. The minimum absolute atomic E-state index is 0.139. The number of guanidine groups is 1. The van der Waals surface area contributed by atoms with Gasteiger partial charge in [-0.25, -0.2) is 19.2 Å². The molecule has 1 aromatic carbocycles. The van der Waals surface area contributed by atoms with Gasteiger partial charge >= 0.3 is 6.09 Å². The molecular weight excluding hydrogens is 402 g/mol. The van der Waals surface area contributed by atoms with E-state index in [1.54, 1.807) is 17.0 Å². The van der Waals surface area contributed by atoms with Crippen LogP contribution in [0.4, 0.5) is 15.1 Å². The zero-order valence-corrected chi connectivity index (χ0v) is 16.2. The van der Waals surface area contributed by atoms with Crippen molar-refractivity contribution in [3.63, 3.8) is 0 Å². The topological polar surface area (TPSA) is 141 Å². The Hall–Kier alpha value is -3.57. The monoisotopic (exact) mass is 417 g/mol. The molecule has 1 aliphatic heterocycles. The van der Waals surface area contributed by atoms with E-state index in [9.17, 15) is 9.18 Å². The summed E-state index contributed by atoms with van der Waals surface area (Å²) < 4.78 is 19.7. The molecule has 31 heavy (non-hydrogen) atoms. The number of ether oxygens (including phenoxy) is 1. The maximum Gasteiger partial charge on any atom is 0.437 e. The molecule has 3 rings (SSSR count). The first-order valence-corrected chi connectivity index (χ1v) is 8.84. The smallest absolute Gasteiger partial charge is 0.437 e. The second-order valence-corrected chi connectivity index (χ2v) is 6.60. The second-order valence-electron chi connectivity index (χ2n) is 6.60. The fourth-order valence-corrected chi connectivity index (χ4v) is 2.55. The summed E-state index contributed by atoms with van der Waals surface area (Å²) in [4.78, 5) is 29.6. The van der Waals surface area contributed by atoms with Gasteiger partial charge in [0.1, 0.15) is 36.0 Å². The van der Waals surface area contributed by atoms with Crippen LogP contribution in [0.1, 0.15) is 5.56 Å². The maximum atomic E-state index is 14.8. The number of nitrogens with zero attached hydrogens (tertiary/aromatic N) is 5. The summed E-state index contributed by atoms with van der Waals surface area (Å²) >= 11 is 0. The third-order valence-corrected chi connectivity index (χ3v) is 3.96. The molecule has 1 saturated heterocycles. The van der Waals surface area contributed by atoms with Crippen molar-refractivity contribution in [3.05, 3.63) is 42.0 Å². The molecule has 0 unspecified atom stereocenters. The van der Waals surface area contributed by atoms with Crippen molar-refractivity contribution in [1.82, 2.24) is 9.97 Å². The zero-order valence-electron chi connectivity index (χ0n) is 16.2. The van der Waals surface area contributed by atoms with E-state index in [0.29, 0.717) is 30.3 Å². The van der Waals surface area contributed by atoms with Crippen LogP contribution in [0, 0.1) is 5.82 Å². The molecule has 1 amide bonds. The maximum absolute atomic E-state index is 14.8. The molecular formula is C17H15B3FN7O3. The van der Waals surface area contributed by atoms with Gasteiger partial charge in [0.05, 0.1) is 18.8 Å². The van der Waals surface area contributed by atoms with Crippen molar-refractivity contribution < 1.29 is 18.8 Å². The largest absolute Gasteiger partial charge is 0.443 e. The van der Waals surface area contributed by atoms with E-state index < -0.39 is 23.2 Å². The average molecular weight is 417 g/mol. The number of nitrogens with two attached hydrogens (primary N) is 2. The Bertz CT molecular complexity index is 1020. The van der Waals surface area contributed by atoms with E-state index in [2.05, 4.69) is 20.1 Å². The SMILES string of the molecule is [B]C([B])([B])ON=C1CN(c2ncc(-c3cccc(COC(=O)N=C(N)N)c3F)cn2)C1. The molecule has 1 aromatic heterocycles. The molecule has 0 atom stereocenters. The van der Waals surface area contributed by atoms with Crippen molar-refractivity contribution in [2.24, 2.45) is 21.6 Å². The van der Waals surface area contributed by atoms with E-state index in [0.717, 1.165) is 0 Å². The first-order chi connectivity index (χ1) is 14.6. The Morgan fingerprint density at radius 3 is 2.52 bits per heavy atom. The number of aromatic nitrogens is 2. The van der Waals surface area contributed by atoms with Gasteiger partial charge in [0.25, 0.3) is 0 Å². The first-order valence-electron chi connectivity index (χ1n) is 8.84. The molecule has 6 radical (unpaired) electrons. The Labute approximate surface area is 181 Å². The summed E-state index contributed by atoms with van der Waals surface area (Å²) in [5.41, 5.74) is 11.7. The van der Waals surface area contributed by atoms with Gasteiger partial charge in [-0.15, -0.1) is 4.99 Å². The average Bonchev–Trinajstić information content (AvgIpc) is 2.65. The highest BCUT2D eigenvalue weighted by Crippen LogP contribution is 2.26. The highest BCUT2D eigenvalue weighted by atomic mass is 19.1. The van der Waals surface area contributed by atoms with Crippen molar-refractivity contribution in [2.75, 3.05) is 18.0 Å². The van der Waals surface area contributed by atoms with Gasteiger partial charge in [0.15, 0.2) is 5.96 Å². The highest BCUT2D eigenvalue weighted by molar-refractivity contribution is 6.58. The number of oxime groups is 1. The number of hydrogen-bond acceptors (Lipinski definition) is 7.